The first kappa shape index (κ1) is 10.4. The van der Waals surface area contributed by atoms with Crippen LogP contribution in [0.1, 0.15) is 11.1 Å². The monoisotopic (exact) mass is 216 g/mol. The maximum Gasteiger partial charge on any atom is 0.307 e. The molecule has 0 atom stereocenters. The van der Waals surface area contributed by atoms with Crippen molar-refractivity contribution in [2.75, 3.05) is 0 Å². The molecule has 0 fully saturated rings. The molecule has 0 bridgehead atoms. The molecule has 82 valence electrons. The second-order valence-corrected chi connectivity index (χ2v) is 3.60. The van der Waals surface area contributed by atoms with Gasteiger partial charge in [0, 0.05) is 11.8 Å². The lowest BCUT2D eigenvalue weighted by Crippen LogP contribution is -2.00. The number of nitrogens with zero attached hydrogens (tertiary/aromatic N) is 2. The smallest absolute Gasteiger partial charge is 0.307 e. The van der Waals surface area contributed by atoms with Gasteiger partial charge in [0.15, 0.2) is 0 Å². The van der Waals surface area contributed by atoms with E-state index in [2.05, 4.69) is 5.10 Å². The average molecular weight is 216 g/mol. The lowest BCUT2D eigenvalue weighted by Gasteiger charge is -2.00. The summed E-state index contributed by atoms with van der Waals surface area (Å²) in [5, 5.41) is 12.7. The Morgan fingerprint density at radius 3 is 2.69 bits per heavy atom. The minimum absolute atomic E-state index is 0.0226. The summed E-state index contributed by atoms with van der Waals surface area (Å²) in [6.07, 6.45) is 3.38. The minimum atomic E-state index is -0.834. The largest absolute Gasteiger partial charge is 0.481 e. The molecule has 4 heteroatoms. The third-order valence-electron chi connectivity index (χ3n) is 2.23. The van der Waals surface area contributed by atoms with Crippen molar-refractivity contribution in [2.45, 2.75) is 13.0 Å². The highest BCUT2D eigenvalue weighted by Crippen LogP contribution is 2.04. The molecule has 1 aromatic heterocycles. The van der Waals surface area contributed by atoms with Crippen molar-refractivity contribution in [3.63, 3.8) is 0 Å². The van der Waals surface area contributed by atoms with Gasteiger partial charge in [-0.15, -0.1) is 0 Å². The molecule has 0 unspecified atom stereocenters. The molecular formula is C12H12N2O2. The number of aromatic nitrogens is 2. The van der Waals surface area contributed by atoms with Crippen LogP contribution in [0.2, 0.25) is 0 Å². The summed E-state index contributed by atoms with van der Waals surface area (Å²) in [6, 6.07) is 9.92. The Morgan fingerprint density at radius 1 is 1.25 bits per heavy atom. The first-order chi connectivity index (χ1) is 7.74. The summed E-state index contributed by atoms with van der Waals surface area (Å²) < 4.78 is 1.74. The first-order valence-electron chi connectivity index (χ1n) is 5.01. The van der Waals surface area contributed by atoms with Crippen molar-refractivity contribution in [3.8, 4) is 0 Å². The van der Waals surface area contributed by atoms with Gasteiger partial charge in [-0.3, -0.25) is 9.48 Å². The molecule has 2 rings (SSSR count). The van der Waals surface area contributed by atoms with Gasteiger partial charge in [-0.2, -0.15) is 5.10 Å². The van der Waals surface area contributed by atoms with Gasteiger partial charge in [-0.05, 0) is 5.56 Å². The molecule has 0 amide bonds. The number of benzene rings is 1. The van der Waals surface area contributed by atoms with E-state index in [9.17, 15) is 4.79 Å². The Labute approximate surface area is 93.1 Å². The fourth-order valence-corrected chi connectivity index (χ4v) is 1.53. The second kappa shape index (κ2) is 4.61. The SMILES string of the molecule is O=C(O)Cc1cnn(Cc2ccccc2)c1. The van der Waals surface area contributed by atoms with Crippen LogP contribution in [0.25, 0.3) is 0 Å². The molecule has 0 aliphatic carbocycles. The van der Waals surface area contributed by atoms with Crippen LogP contribution < -0.4 is 0 Å². The van der Waals surface area contributed by atoms with Gasteiger partial charge in [0.2, 0.25) is 0 Å². The molecule has 0 aliphatic rings. The zero-order valence-electron chi connectivity index (χ0n) is 8.71. The van der Waals surface area contributed by atoms with E-state index < -0.39 is 5.97 Å². The maximum atomic E-state index is 10.5. The highest BCUT2D eigenvalue weighted by molar-refractivity contribution is 5.69. The number of rotatable bonds is 4. The van der Waals surface area contributed by atoms with Gasteiger partial charge in [0.05, 0.1) is 19.2 Å². The van der Waals surface area contributed by atoms with E-state index in [0.29, 0.717) is 6.54 Å². The summed E-state index contributed by atoms with van der Waals surface area (Å²) in [4.78, 5) is 10.5. The van der Waals surface area contributed by atoms with E-state index in [-0.39, 0.29) is 6.42 Å². The van der Waals surface area contributed by atoms with E-state index in [1.807, 2.05) is 30.3 Å². The Bertz CT molecular complexity index is 477. The summed E-state index contributed by atoms with van der Waals surface area (Å²) >= 11 is 0. The molecule has 0 spiro atoms. The maximum absolute atomic E-state index is 10.5. The van der Waals surface area contributed by atoms with E-state index in [1.54, 1.807) is 17.1 Å². The zero-order chi connectivity index (χ0) is 11.4. The number of carboxylic acid groups (broad SMARTS) is 1. The van der Waals surface area contributed by atoms with Crippen molar-refractivity contribution in [1.82, 2.24) is 9.78 Å². The van der Waals surface area contributed by atoms with Crippen LogP contribution in [0, 0.1) is 0 Å². The second-order valence-electron chi connectivity index (χ2n) is 3.60. The molecule has 16 heavy (non-hydrogen) atoms. The predicted octanol–water partition coefficient (Wildman–Crippen LogP) is 1.56. The predicted molar refractivity (Wildman–Crippen MR) is 59.1 cm³/mol. The van der Waals surface area contributed by atoms with Gasteiger partial charge in [0.25, 0.3) is 0 Å². The van der Waals surface area contributed by atoms with Crippen molar-refractivity contribution in [2.24, 2.45) is 0 Å². The Kier molecular flexibility index (Phi) is 3.00. The van der Waals surface area contributed by atoms with Crippen LogP contribution in [0.3, 0.4) is 0 Å². The van der Waals surface area contributed by atoms with Crippen molar-refractivity contribution < 1.29 is 9.90 Å². The lowest BCUT2D eigenvalue weighted by molar-refractivity contribution is -0.136. The third-order valence-corrected chi connectivity index (χ3v) is 2.23. The summed E-state index contributed by atoms with van der Waals surface area (Å²) in [7, 11) is 0. The summed E-state index contributed by atoms with van der Waals surface area (Å²) in [5.74, 6) is -0.834. The van der Waals surface area contributed by atoms with Gasteiger partial charge >= 0.3 is 5.97 Å². The molecule has 0 saturated heterocycles. The Balaban J connectivity index is 2.06. The van der Waals surface area contributed by atoms with Crippen molar-refractivity contribution in [3.05, 3.63) is 53.9 Å². The normalized spacial score (nSPS) is 10.2. The van der Waals surface area contributed by atoms with E-state index in [1.165, 1.54) is 0 Å². The van der Waals surface area contributed by atoms with Crippen molar-refractivity contribution in [1.29, 1.82) is 0 Å². The molecule has 1 N–H and O–H groups in total. The topological polar surface area (TPSA) is 55.1 Å². The van der Waals surface area contributed by atoms with E-state index in [4.69, 9.17) is 5.11 Å². The Morgan fingerprint density at radius 2 is 2.00 bits per heavy atom. The molecule has 1 aromatic carbocycles. The minimum Gasteiger partial charge on any atom is -0.481 e. The quantitative estimate of drug-likeness (QED) is 0.843. The number of aliphatic carboxylic acids is 1. The third kappa shape index (κ3) is 2.70. The molecule has 4 nitrogen and oxygen atoms in total. The van der Waals surface area contributed by atoms with Gasteiger partial charge in [-0.1, -0.05) is 30.3 Å². The molecule has 2 aromatic rings. The molecule has 0 radical (unpaired) electrons. The molecule has 1 heterocycles. The van der Waals surface area contributed by atoms with Crippen LogP contribution in [0.4, 0.5) is 0 Å². The van der Waals surface area contributed by atoms with Gasteiger partial charge in [-0.25, -0.2) is 0 Å². The highest BCUT2D eigenvalue weighted by atomic mass is 16.4. The fourth-order valence-electron chi connectivity index (χ4n) is 1.53. The number of hydrogen-bond acceptors (Lipinski definition) is 2. The highest BCUT2D eigenvalue weighted by Gasteiger charge is 2.03. The van der Waals surface area contributed by atoms with Crippen LogP contribution in [0.5, 0.6) is 0 Å². The Hall–Kier alpha value is -2.10. The lowest BCUT2D eigenvalue weighted by atomic mass is 10.2. The van der Waals surface area contributed by atoms with Crippen LogP contribution in [-0.4, -0.2) is 20.9 Å². The fraction of sp³-hybridized carbons (Fsp3) is 0.167. The zero-order valence-corrected chi connectivity index (χ0v) is 8.71. The standard InChI is InChI=1S/C12H12N2O2/c15-12(16)6-11-7-13-14(9-11)8-10-4-2-1-3-5-10/h1-5,7,9H,6,8H2,(H,15,16). The molecular weight excluding hydrogens is 204 g/mol. The van der Waals surface area contributed by atoms with Gasteiger partial charge < -0.3 is 5.11 Å². The van der Waals surface area contributed by atoms with Crippen molar-refractivity contribution >= 4 is 5.97 Å². The number of carboxylic acids is 1. The van der Waals surface area contributed by atoms with Crippen LogP contribution in [-0.2, 0) is 17.8 Å². The number of carbonyl (C=O) groups is 1. The average Bonchev–Trinajstić information content (AvgIpc) is 2.66. The summed E-state index contributed by atoms with van der Waals surface area (Å²) in [6.45, 7) is 0.667. The van der Waals surface area contributed by atoms with E-state index in [0.717, 1.165) is 11.1 Å². The van der Waals surface area contributed by atoms with Crippen LogP contribution in [0.15, 0.2) is 42.7 Å². The molecule has 0 saturated carbocycles. The van der Waals surface area contributed by atoms with Gasteiger partial charge in [0.1, 0.15) is 0 Å². The number of hydrogen-bond donors (Lipinski definition) is 1. The van der Waals surface area contributed by atoms with E-state index >= 15 is 0 Å². The first-order valence-corrected chi connectivity index (χ1v) is 5.01. The summed E-state index contributed by atoms with van der Waals surface area (Å²) in [5.41, 5.74) is 1.87. The molecule has 0 aliphatic heterocycles. The van der Waals surface area contributed by atoms with Crippen LogP contribution >= 0.6 is 0 Å².